The summed E-state index contributed by atoms with van der Waals surface area (Å²) in [4.78, 5) is 9.23. The lowest BCUT2D eigenvalue weighted by Crippen LogP contribution is -2.57. The molecule has 1 aliphatic carbocycles. The van der Waals surface area contributed by atoms with Crippen molar-refractivity contribution in [2.45, 2.75) is 44.8 Å². The van der Waals surface area contributed by atoms with Crippen molar-refractivity contribution in [2.75, 3.05) is 20.1 Å². The molecule has 1 unspecified atom stereocenters. The molecule has 2 aromatic rings. The van der Waals surface area contributed by atoms with Gasteiger partial charge in [0, 0.05) is 25.0 Å². The second-order valence-electron chi connectivity index (χ2n) is 7.54. The van der Waals surface area contributed by atoms with Crippen molar-refractivity contribution in [2.24, 2.45) is 5.41 Å². The van der Waals surface area contributed by atoms with Crippen LogP contribution in [0.15, 0.2) is 47.3 Å². The lowest BCUT2D eigenvalue weighted by atomic mass is 9.58. The summed E-state index contributed by atoms with van der Waals surface area (Å²) in [6.45, 7) is 4.42. The molecule has 1 atom stereocenters. The van der Waals surface area contributed by atoms with Gasteiger partial charge in [0.2, 0.25) is 0 Å². The third kappa shape index (κ3) is 3.13. The van der Waals surface area contributed by atoms with E-state index in [0.717, 1.165) is 18.8 Å². The standard InChI is InChI=1S/C20H27N3O/c1-22(16-18-3-2-14-24-18)19-4-7-20(19)8-12-23(13-9-20)15-17-5-10-21-11-6-17/h2-3,5-6,10-11,14,19H,4,7-9,12-13,15-16H2,1H3. The van der Waals surface area contributed by atoms with Crippen molar-refractivity contribution in [1.29, 1.82) is 0 Å². The van der Waals surface area contributed by atoms with Crippen LogP contribution in [0.25, 0.3) is 0 Å². The number of hydrogen-bond donors (Lipinski definition) is 0. The normalized spacial score (nSPS) is 23.5. The van der Waals surface area contributed by atoms with Crippen LogP contribution in [0.5, 0.6) is 0 Å². The minimum Gasteiger partial charge on any atom is -0.468 e. The molecule has 24 heavy (non-hydrogen) atoms. The molecule has 4 rings (SSSR count). The number of piperidine rings is 1. The zero-order valence-electron chi connectivity index (χ0n) is 14.5. The molecule has 0 bridgehead atoms. The predicted molar refractivity (Wildman–Crippen MR) is 94.4 cm³/mol. The fourth-order valence-corrected chi connectivity index (χ4v) is 4.61. The van der Waals surface area contributed by atoms with E-state index in [1.165, 1.54) is 44.3 Å². The Labute approximate surface area is 144 Å². The second kappa shape index (κ2) is 6.69. The lowest BCUT2D eigenvalue weighted by molar-refractivity contribution is -0.0648. The molecule has 0 radical (unpaired) electrons. The maximum Gasteiger partial charge on any atom is 0.117 e. The summed E-state index contributed by atoms with van der Waals surface area (Å²) >= 11 is 0. The van der Waals surface area contributed by atoms with Crippen LogP contribution in [0, 0.1) is 5.41 Å². The first-order valence-corrected chi connectivity index (χ1v) is 9.09. The molecule has 0 aromatic carbocycles. The van der Waals surface area contributed by atoms with Gasteiger partial charge in [-0.1, -0.05) is 0 Å². The van der Waals surface area contributed by atoms with E-state index in [1.807, 2.05) is 18.5 Å². The highest BCUT2D eigenvalue weighted by atomic mass is 16.3. The van der Waals surface area contributed by atoms with Gasteiger partial charge in [-0.2, -0.15) is 0 Å². The molecule has 1 aliphatic heterocycles. The van der Waals surface area contributed by atoms with Gasteiger partial charge < -0.3 is 4.42 Å². The summed E-state index contributed by atoms with van der Waals surface area (Å²) < 4.78 is 5.53. The summed E-state index contributed by atoms with van der Waals surface area (Å²) in [6.07, 6.45) is 10.9. The van der Waals surface area contributed by atoms with Crippen LogP contribution >= 0.6 is 0 Å². The third-order valence-corrected chi connectivity index (χ3v) is 6.15. The highest BCUT2D eigenvalue weighted by Crippen LogP contribution is 2.51. The monoisotopic (exact) mass is 325 g/mol. The van der Waals surface area contributed by atoms with Crippen molar-refractivity contribution in [3.05, 3.63) is 54.2 Å². The van der Waals surface area contributed by atoms with Gasteiger partial charge >= 0.3 is 0 Å². The van der Waals surface area contributed by atoms with E-state index in [0.29, 0.717) is 11.5 Å². The fraction of sp³-hybridized carbons (Fsp3) is 0.550. The van der Waals surface area contributed by atoms with E-state index >= 15 is 0 Å². The lowest BCUT2D eigenvalue weighted by Gasteiger charge is -2.57. The zero-order chi connectivity index (χ0) is 16.4. The number of hydrogen-bond acceptors (Lipinski definition) is 4. The summed E-state index contributed by atoms with van der Waals surface area (Å²) in [5.74, 6) is 1.08. The number of rotatable bonds is 5. The van der Waals surface area contributed by atoms with Gasteiger partial charge in [-0.25, -0.2) is 0 Å². The van der Waals surface area contributed by atoms with Crippen LogP contribution < -0.4 is 0 Å². The minimum atomic E-state index is 0.538. The quantitative estimate of drug-likeness (QED) is 0.841. The largest absolute Gasteiger partial charge is 0.468 e. The Hall–Kier alpha value is -1.65. The average Bonchev–Trinajstić information content (AvgIpc) is 3.08. The summed E-state index contributed by atoms with van der Waals surface area (Å²) in [6, 6.07) is 9.04. The minimum absolute atomic E-state index is 0.538. The highest BCUT2D eigenvalue weighted by molar-refractivity contribution is 5.11. The molecule has 0 amide bonds. The van der Waals surface area contributed by atoms with Gasteiger partial charge in [-0.15, -0.1) is 0 Å². The van der Waals surface area contributed by atoms with Crippen LogP contribution in [0.4, 0.5) is 0 Å². The van der Waals surface area contributed by atoms with Gasteiger partial charge in [-0.3, -0.25) is 14.8 Å². The Kier molecular flexibility index (Phi) is 4.42. The Morgan fingerprint density at radius 3 is 2.62 bits per heavy atom. The molecule has 1 saturated carbocycles. The fourth-order valence-electron chi connectivity index (χ4n) is 4.61. The van der Waals surface area contributed by atoms with E-state index in [4.69, 9.17) is 4.42 Å². The van der Waals surface area contributed by atoms with Gasteiger partial charge in [0.15, 0.2) is 0 Å². The SMILES string of the molecule is CN(Cc1ccco1)C1CCC12CCN(Cc1ccncc1)CC2. The first kappa shape index (κ1) is 15.9. The first-order chi connectivity index (χ1) is 11.8. The van der Waals surface area contributed by atoms with Crippen molar-refractivity contribution in [3.63, 3.8) is 0 Å². The zero-order valence-corrected chi connectivity index (χ0v) is 14.5. The second-order valence-corrected chi connectivity index (χ2v) is 7.54. The smallest absolute Gasteiger partial charge is 0.117 e. The Bertz CT molecular complexity index is 632. The molecule has 3 heterocycles. The predicted octanol–water partition coefficient (Wildman–Crippen LogP) is 3.55. The summed E-state index contributed by atoms with van der Waals surface area (Å²) in [5.41, 5.74) is 1.91. The molecule has 4 heteroatoms. The van der Waals surface area contributed by atoms with Gasteiger partial charge in [0.1, 0.15) is 5.76 Å². The Morgan fingerprint density at radius 1 is 1.21 bits per heavy atom. The van der Waals surface area contributed by atoms with Crippen LogP contribution in [0.3, 0.4) is 0 Å². The third-order valence-electron chi connectivity index (χ3n) is 6.15. The van der Waals surface area contributed by atoms with E-state index in [9.17, 15) is 0 Å². The number of aromatic nitrogens is 1. The summed E-state index contributed by atoms with van der Waals surface area (Å²) in [5, 5.41) is 0. The van der Waals surface area contributed by atoms with Crippen LogP contribution in [-0.4, -0.2) is 41.0 Å². The topological polar surface area (TPSA) is 32.5 Å². The van der Waals surface area contributed by atoms with Crippen molar-refractivity contribution in [1.82, 2.24) is 14.8 Å². The molecule has 4 nitrogen and oxygen atoms in total. The van der Waals surface area contributed by atoms with Gasteiger partial charge in [-0.05, 0) is 81.1 Å². The molecule has 0 N–H and O–H groups in total. The maximum absolute atomic E-state index is 5.53. The van der Waals surface area contributed by atoms with Crippen molar-refractivity contribution < 1.29 is 4.42 Å². The molecule has 2 fully saturated rings. The van der Waals surface area contributed by atoms with Gasteiger partial charge in [0.05, 0.1) is 12.8 Å². The Balaban J connectivity index is 1.32. The van der Waals surface area contributed by atoms with E-state index < -0.39 is 0 Å². The van der Waals surface area contributed by atoms with Crippen LogP contribution in [-0.2, 0) is 13.1 Å². The maximum atomic E-state index is 5.53. The molecule has 2 aromatic heterocycles. The molecular formula is C20H27N3O. The molecule has 1 saturated heterocycles. The van der Waals surface area contributed by atoms with Gasteiger partial charge in [0.25, 0.3) is 0 Å². The average molecular weight is 325 g/mol. The van der Waals surface area contributed by atoms with Crippen LogP contribution in [0.1, 0.15) is 37.0 Å². The molecule has 2 aliphatic rings. The van der Waals surface area contributed by atoms with E-state index in [-0.39, 0.29) is 0 Å². The molecular weight excluding hydrogens is 298 g/mol. The van der Waals surface area contributed by atoms with Crippen molar-refractivity contribution in [3.8, 4) is 0 Å². The number of pyridine rings is 1. The number of likely N-dealkylation sites (tertiary alicyclic amines) is 1. The van der Waals surface area contributed by atoms with E-state index in [2.05, 4.69) is 40.0 Å². The Morgan fingerprint density at radius 2 is 2.00 bits per heavy atom. The highest BCUT2D eigenvalue weighted by Gasteiger charge is 2.49. The van der Waals surface area contributed by atoms with E-state index in [1.54, 1.807) is 6.26 Å². The number of furan rings is 1. The molecule has 1 spiro atoms. The number of nitrogens with zero attached hydrogens (tertiary/aromatic N) is 3. The first-order valence-electron chi connectivity index (χ1n) is 9.09. The van der Waals surface area contributed by atoms with Crippen molar-refractivity contribution >= 4 is 0 Å². The summed E-state index contributed by atoms with van der Waals surface area (Å²) in [7, 11) is 2.26. The molecule has 128 valence electrons. The van der Waals surface area contributed by atoms with Crippen LogP contribution in [0.2, 0.25) is 0 Å².